The number of pyridine rings is 1. The molecule has 4 aromatic rings. The number of carbonyl (C=O) groups is 2. The number of aromatic nitrogens is 5. The Morgan fingerprint density at radius 1 is 0.943 bits per heavy atom. The van der Waals surface area contributed by atoms with E-state index in [9.17, 15) is 9.59 Å². The maximum atomic E-state index is 12.7. The van der Waals surface area contributed by atoms with Gasteiger partial charge in [0.1, 0.15) is 5.56 Å². The Bertz CT molecular complexity index is 1410. The second-order valence-electron chi connectivity index (χ2n) is 7.96. The van der Waals surface area contributed by atoms with E-state index in [0.29, 0.717) is 17.5 Å². The molecule has 4 rings (SSSR count). The number of aryl methyl sites for hydroxylation is 3. The van der Waals surface area contributed by atoms with E-state index in [2.05, 4.69) is 39.7 Å². The van der Waals surface area contributed by atoms with E-state index in [-0.39, 0.29) is 24.5 Å². The van der Waals surface area contributed by atoms with E-state index in [1.54, 1.807) is 19.9 Å². The van der Waals surface area contributed by atoms with Gasteiger partial charge < -0.3 is 14.8 Å². The molecule has 180 valence electrons. The van der Waals surface area contributed by atoms with E-state index in [1.165, 1.54) is 16.9 Å². The molecule has 0 spiro atoms. The van der Waals surface area contributed by atoms with Gasteiger partial charge >= 0.3 is 11.9 Å². The van der Waals surface area contributed by atoms with Crippen molar-refractivity contribution in [2.45, 2.75) is 34.6 Å². The lowest BCUT2D eigenvalue weighted by Crippen LogP contribution is -2.12. The molecule has 10 heteroatoms. The molecule has 0 fully saturated rings. The summed E-state index contributed by atoms with van der Waals surface area (Å²) in [5.41, 5.74) is 4.36. The van der Waals surface area contributed by atoms with Gasteiger partial charge in [0.05, 0.1) is 24.9 Å². The van der Waals surface area contributed by atoms with Crippen molar-refractivity contribution in [2.24, 2.45) is 0 Å². The third-order valence-corrected chi connectivity index (χ3v) is 5.32. The second kappa shape index (κ2) is 9.88. The minimum absolute atomic E-state index is 0.0779. The summed E-state index contributed by atoms with van der Waals surface area (Å²) in [5.74, 6) is 0.0373. The highest BCUT2D eigenvalue weighted by Gasteiger charge is 2.22. The lowest BCUT2D eigenvalue weighted by molar-refractivity contribution is 0.0512. The summed E-state index contributed by atoms with van der Waals surface area (Å²) < 4.78 is 11.7. The van der Waals surface area contributed by atoms with E-state index in [0.717, 1.165) is 27.6 Å². The molecule has 1 N–H and O–H groups in total. The van der Waals surface area contributed by atoms with Crippen LogP contribution in [0.5, 0.6) is 0 Å². The van der Waals surface area contributed by atoms with Gasteiger partial charge in [0.15, 0.2) is 23.1 Å². The van der Waals surface area contributed by atoms with Crippen LogP contribution in [0.15, 0.2) is 36.5 Å². The fourth-order valence-corrected chi connectivity index (χ4v) is 3.77. The second-order valence-corrected chi connectivity index (χ2v) is 7.96. The lowest BCUT2D eigenvalue weighted by Gasteiger charge is -2.13. The van der Waals surface area contributed by atoms with Crippen molar-refractivity contribution in [1.29, 1.82) is 0 Å². The minimum Gasteiger partial charge on any atom is -0.462 e. The van der Waals surface area contributed by atoms with Crippen LogP contribution in [0.25, 0.3) is 16.7 Å². The largest absolute Gasteiger partial charge is 0.462 e. The molecule has 0 saturated heterocycles. The summed E-state index contributed by atoms with van der Waals surface area (Å²) in [7, 11) is 0. The topological polar surface area (TPSA) is 121 Å². The molecule has 1 aromatic carbocycles. The third kappa shape index (κ3) is 4.81. The number of hydrogen-bond donors (Lipinski definition) is 1. The lowest BCUT2D eigenvalue weighted by atomic mass is 10.0. The first-order chi connectivity index (χ1) is 16.8. The first kappa shape index (κ1) is 23.8. The zero-order valence-corrected chi connectivity index (χ0v) is 20.2. The van der Waals surface area contributed by atoms with Crippen LogP contribution in [-0.2, 0) is 9.47 Å². The summed E-state index contributed by atoms with van der Waals surface area (Å²) in [6, 6.07) is 9.14. The van der Waals surface area contributed by atoms with Crippen molar-refractivity contribution in [3.63, 3.8) is 0 Å². The van der Waals surface area contributed by atoms with Crippen molar-refractivity contribution >= 4 is 34.5 Å². The van der Waals surface area contributed by atoms with Gasteiger partial charge in [-0.05, 0) is 70.0 Å². The molecule has 0 saturated carbocycles. The summed E-state index contributed by atoms with van der Waals surface area (Å²) in [6.07, 6.45) is 1.42. The molecule has 0 bridgehead atoms. The van der Waals surface area contributed by atoms with Crippen LogP contribution in [0, 0.1) is 20.8 Å². The number of carbonyl (C=O) groups excluding carboxylic acids is 2. The smallest absolute Gasteiger partial charge is 0.358 e. The SMILES string of the molecule is CCOC(=O)c1ccc(Nc2c(C(=O)OCC)cnn2-c2cc(C)c3cc(C)cc(C)c3n2)nn1. The van der Waals surface area contributed by atoms with Gasteiger partial charge in [0.25, 0.3) is 0 Å². The van der Waals surface area contributed by atoms with Crippen molar-refractivity contribution < 1.29 is 19.1 Å². The molecule has 0 unspecified atom stereocenters. The van der Waals surface area contributed by atoms with Crippen LogP contribution < -0.4 is 5.32 Å². The normalized spacial score (nSPS) is 10.9. The number of anilines is 2. The molecule has 0 radical (unpaired) electrons. The summed E-state index contributed by atoms with van der Waals surface area (Å²) in [4.78, 5) is 29.4. The van der Waals surface area contributed by atoms with Crippen LogP contribution in [0.1, 0.15) is 51.4 Å². The molecule has 0 amide bonds. The molecule has 0 aliphatic carbocycles. The number of benzene rings is 1. The standard InChI is InChI=1S/C25H26N6O4/c1-6-34-24(32)18-13-26-31(21-12-15(4)17-11-14(3)10-16(5)22(17)28-21)23(18)27-20-9-8-19(29-30-20)25(33)35-7-2/h8-13H,6-7H2,1-5H3,(H,27,30). The number of esters is 2. The molecular weight excluding hydrogens is 448 g/mol. The van der Waals surface area contributed by atoms with Gasteiger partial charge in [-0.3, -0.25) is 0 Å². The average molecular weight is 475 g/mol. The fourth-order valence-electron chi connectivity index (χ4n) is 3.77. The first-order valence-electron chi connectivity index (χ1n) is 11.2. The Hall–Kier alpha value is -4.34. The minimum atomic E-state index is -0.565. The maximum Gasteiger partial charge on any atom is 0.358 e. The first-order valence-corrected chi connectivity index (χ1v) is 11.2. The van der Waals surface area contributed by atoms with Gasteiger partial charge in [-0.2, -0.15) is 9.78 Å². The number of ether oxygens (including phenoxy) is 2. The van der Waals surface area contributed by atoms with E-state index in [1.807, 2.05) is 19.9 Å². The van der Waals surface area contributed by atoms with Gasteiger partial charge in [-0.1, -0.05) is 11.6 Å². The molecule has 10 nitrogen and oxygen atoms in total. The molecule has 3 heterocycles. The highest BCUT2D eigenvalue weighted by molar-refractivity contribution is 5.96. The predicted octanol–water partition coefficient (Wildman–Crippen LogP) is 4.23. The Balaban J connectivity index is 1.79. The monoisotopic (exact) mass is 474 g/mol. The highest BCUT2D eigenvalue weighted by Crippen LogP contribution is 2.28. The van der Waals surface area contributed by atoms with Gasteiger partial charge in [-0.25, -0.2) is 14.6 Å². The zero-order chi connectivity index (χ0) is 25.1. The van der Waals surface area contributed by atoms with Gasteiger partial charge in [0, 0.05) is 5.39 Å². The number of hydrogen-bond acceptors (Lipinski definition) is 9. The van der Waals surface area contributed by atoms with Crippen molar-refractivity contribution in [3.8, 4) is 5.82 Å². The zero-order valence-electron chi connectivity index (χ0n) is 20.2. The van der Waals surface area contributed by atoms with Crippen LogP contribution in [0.2, 0.25) is 0 Å². The van der Waals surface area contributed by atoms with Crippen molar-refractivity contribution in [3.05, 3.63) is 64.5 Å². The Morgan fingerprint density at radius 3 is 2.37 bits per heavy atom. The van der Waals surface area contributed by atoms with Crippen LogP contribution in [0.3, 0.4) is 0 Å². The Kier molecular flexibility index (Phi) is 6.72. The molecule has 3 aromatic heterocycles. The number of rotatable bonds is 7. The molecule has 0 aliphatic heterocycles. The van der Waals surface area contributed by atoms with Crippen molar-refractivity contribution in [2.75, 3.05) is 18.5 Å². The molecular formula is C25H26N6O4. The van der Waals surface area contributed by atoms with E-state index in [4.69, 9.17) is 14.5 Å². The van der Waals surface area contributed by atoms with Gasteiger partial charge in [-0.15, -0.1) is 10.2 Å². The highest BCUT2D eigenvalue weighted by atomic mass is 16.5. The number of fused-ring (bicyclic) bond motifs is 1. The van der Waals surface area contributed by atoms with E-state index >= 15 is 0 Å². The third-order valence-electron chi connectivity index (χ3n) is 5.32. The maximum absolute atomic E-state index is 12.7. The summed E-state index contributed by atoms with van der Waals surface area (Å²) in [5, 5.41) is 16.5. The fraction of sp³-hybridized carbons (Fsp3) is 0.280. The van der Waals surface area contributed by atoms with Crippen LogP contribution in [0.4, 0.5) is 11.6 Å². The van der Waals surface area contributed by atoms with E-state index < -0.39 is 11.9 Å². The molecule has 35 heavy (non-hydrogen) atoms. The Morgan fingerprint density at radius 2 is 1.69 bits per heavy atom. The molecule has 0 atom stereocenters. The quantitative estimate of drug-likeness (QED) is 0.392. The summed E-state index contributed by atoms with van der Waals surface area (Å²) >= 11 is 0. The van der Waals surface area contributed by atoms with Crippen LogP contribution >= 0.6 is 0 Å². The number of nitrogens with zero attached hydrogens (tertiary/aromatic N) is 5. The summed E-state index contributed by atoms with van der Waals surface area (Å²) in [6.45, 7) is 9.96. The molecule has 0 aliphatic rings. The average Bonchev–Trinajstić information content (AvgIpc) is 3.24. The van der Waals surface area contributed by atoms with Gasteiger partial charge in [0.2, 0.25) is 0 Å². The van der Waals surface area contributed by atoms with Crippen LogP contribution in [-0.4, -0.2) is 50.1 Å². The van der Waals surface area contributed by atoms with Crippen molar-refractivity contribution in [1.82, 2.24) is 25.0 Å². The number of nitrogens with one attached hydrogen (secondary N) is 1. The predicted molar refractivity (Wildman–Crippen MR) is 130 cm³/mol. The Labute approximate surface area is 202 Å².